The molecule has 0 radical (unpaired) electrons. The van der Waals surface area contributed by atoms with Crippen LogP contribution >= 0.6 is 0 Å². The molecule has 1 fully saturated rings. The third kappa shape index (κ3) is 4.17. The molecule has 0 aliphatic carbocycles. The highest BCUT2D eigenvalue weighted by Crippen LogP contribution is 2.20. The minimum Gasteiger partial charge on any atom is -0.341 e. The molecule has 0 amide bonds. The fourth-order valence-corrected chi connectivity index (χ4v) is 2.54. The summed E-state index contributed by atoms with van der Waals surface area (Å²) in [6.07, 6.45) is 5.96. The maximum absolute atomic E-state index is 5.52. The number of nitrogens with two attached hydrogens (primary N) is 1. The molecule has 21 heavy (non-hydrogen) atoms. The molecule has 0 unspecified atom stereocenters. The molecule has 1 aliphatic rings. The number of unbranched alkanes of at least 4 members (excludes halogenated alkanes) is 1. The van der Waals surface area contributed by atoms with Gasteiger partial charge in [0.25, 0.3) is 0 Å². The number of hydrogen-bond acceptors (Lipinski definition) is 7. The van der Waals surface area contributed by atoms with Gasteiger partial charge in [0.05, 0.1) is 0 Å². The summed E-state index contributed by atoms with van der Waals surface area (Å²) in [6, 6.07) is 0. The lowest BCUT2D eigenvalue weighted by Gasteiger charge is -2.28. The second-order valence-corrected chi connectivity index (χ2v) is 5.38. The summed E-state index contributed by atoms with van der Waals surface area (Å²) in [5.41, 5.74) is 2.57. The first-order valence-electron chi connectivity index (χ1n) is 8.01. The smallest absolute Gasteiger partial charge is 0.243 e. The molecule has 0 atom stereocenters. The van der Waals surface area contributed by atoms with Gasteiger partial charge in [-0.2, -0.15) is 15.0 Å². The third-order valence-electron chi connectivity index (χ3n) is 3.83. The van der Waals surface area contributed by atoms with Crippen LogP contribution in [-0.2, 0) is 0 Å². The van der Waals surface area contributed by atoms with E-state index in [1.54, 1.807) is 0 Å². The van der Waals surface area contributed by atoms with E-state index in [0.717, 1.165) is 50.9 Å². The van der Waals surface area contributed by atoms with Crippen LogP contribution in [0.25, 0.3) is 0 Å². The van der Waals surface area contributed by atoms with Crippen LogP contribution in [0.5, 0.6) is 0 Å². The second-order valence-electron chi connectivity index (χ2n) is 5.38. The van der Waals surface area contributed by atoms with Crippen molar-refractivity contribution < 1.29 is 0 Å². The number of nitrogen functional groups attached to an aromatic ring is 1. The summed E-state index contributed by atoms with van der Waals surface area (Å²) in [7, 11) is 0. The summed E-state index contributed by atoms with van der Waals surface area (Å²) in [5.74, 6) is 7.41. The van der Waals surface area contributed by atoms with E-state index in [1.165, 1.54) is 19.3 Å². The van der Waals surface area contributed by atoms with Crippen molar-refractivity contribution in [2.24, 2.45) is 5.84 Å². The van der Waals surface area contributed by atoms with E-state index in [1.807, 2.05) is 0 Å². The van der Waals surface area contributed by atoms with Crippen LogP contribution < -0.4 is 21.1 Å². The molecule has 1 aromatic heterocycles. The van der Waals surface area contributed by atoms with E-state index in [0.29, 0.717) is 5.95 Å². The van der Waals surface area contributed by atoms with Crippen molar-refractivity contribution in [1.29, 1.82) is 0 Å². The Morgan fingerprint density at radius 3 is 2.52 bits per heavy atom. The van der Waals surface area contributed by atoms with Gasteiger partial charge in [0, 0.05) is 26.2 Å². The molecule has 118 valence electrons. The van der Waals surface area contributed by atoms with Crippen molar-refractivity contribution in [2.45, 2.75) is 46.0 Å². The van der Waals surface area contributed by atoms with Gasteiger partial charge < -0.3 is 9.80 Å². The van der Waals surface area contributed by atoms with Gasteiger partial charge in [-0.05, 0) is 32.6 Å². The second kappa shape index (κ2) is 7.97. The predicted molar refractivity (Wildman–Crippen MR) is 86.5 cm³/mol. The van der Waals surface area contributed by atoms with Gasteiger partial charge in [0.1, 0.15) is 0 Å². The van der Waals surface area contributed by atoms with Gasteiger partial charge in [-0.1, -0.05) is 13.3 Å². The monoisotopic (exact) mass is 293 g/mol. The number of nitrogens with zero attached hydrogens (tertiary/aromatic N) is 5. The van der Waals surface area contributed by atoms with E-state index >= 15 is 0 Å². The molecule has 0 aromatic carbocycles. The maximum Gasteiger partial charge on any atom is 0.243 e. The Morgan fingerprint density at radius 1 is 1.14 bits per heavy atom. The minimum atomic E-state index is 0.440. The molecule has 1 saturated heterocycles. The summed E-state index contributed by atoms with van der Waals surface area (Å²) < 4.78 is 0. The van der Waals surface area contributed by atoms with Crippen LogP contribution in [0.15, 0.2) is 0 Å². The first-order chi connectivity index (χ1) is 10.3. The van der Waals surface area contributed by atoms with Crippen LogP contribution in [-0.4, -0.2) is 41.1 Å². The lowest BCUT2D eigenvalue weighted by Crippen LogP contribution is -2.33. The molecule has 7 nitrogen and oxygen atoms in total. The Kier molecular flexibility index (Phi) is 5.98. The Morgan fingerprint density at radius 2 is 1.90 bits per heavy atom. The molecule has 0 spiro atoms. The van der Waals surface area contributed by atoms with Crippen molar-refractivity contribution in [1.82, 2.24) is 15.0 Å². The summed E-state index contributed by atoms with van der Waals surface area (Å²) in [4.78, 5) is 17.9. The highest BCUT2D eigenvalue weighted by atomic mass is 15.4. The Bertz CT molecular complexity index is 431. The lowest BCUT2D eigenvalue weighted by molar-refractivity contribution is 0.567. The number of piperidine rings is 1. The molecule has 2 heterocycles. The molecule has 7 heteroatoms. The number of nitrogens with one attached hydrogen (secondary N) is 1. The van der Waals surface area contributed by atoms with Crippen LogP contribution in [0.3, 0.4) is 0 Å². The third-order valence-corrected chi connectivity index (χ3v) is 3.83. The van der Waals surface area contributed by atoms with Crippen molar-refractivity contribution in [3.63, 3.8) is 0 Å². The van der Waals surface area contributed by atoms with Gasteiger partial charge in [-0.3, -0.25) is 5.43 Å². The van der Waals surface area contributed by atoms with Crippen LogP contribution in [0.4, 0.5) is 17.8 Å². The van der Waals surface area contributed by atoms with Crippen LogP contribution in [0, 0.1) is 0 Å². The van der Waals surface area contributed by atoms with Crippen LogP contribution in [0.1, 0.15) is 46.0 Å². The topological polar surface area (TPSA) is 83.2 Å². The zero-order valence-electron chi connectivity index (χ0n) is 13.2. The zero-order chi connectivity index (χ0) is 15.1. The van der Waals surface area contributed by atoms with Gasteiger partial charge in [-0.25, -0.2) is 5.84 Å². The van der Waals surface area contributed by atoms with Gasteiger partial charge in [0.15, 0.2) is 0 Å². The van der Waals surface area contributed by atoms with Crippen molar-refractivity contribution in [3.8, 4) is 0 Å². The number of rotatable bonds is 7. The van der Waals surface area contributed by atoms with E-state index in [4.69, 9.17) is 5.84 Å². The minimum absolute atomic E-state index is 0.440. The summed E-state index contributed by atoms with van der Waals surface area (Å²) in [6.45, 7) is 8.17. The van der Waals surface area contributed by atoms with Crippen LogP contribution in [0.2, 0.25) is 0 Å². The largest absolute Gasteiger partial charge is 0.341 e. The van der Waals surface area contributed by atoms with E-state index in [2.05, 4.69) is 44.0 Å². The quantitative estimate of drug-likeness (QED) is 0.585. The molecular formula is C14H27N7. The fourth-order valence-electron chi connectivity index (χ4n) is 2.54. The predicted octanol–water partition coefficient (Wildman–Crippen LogP) is 1.77. The van der Waals surface area contributed by atoms with E-state index in [9.17, 15) is 0 Å². The van der Waals surface area contributed by atoms with Gasteiger partial charge in [0.2, 0.25) is 17.8 Å². The van der Waals surface area contributed by atoms with Crippen molar-refractivity contribution in [2.75, 3.05) is 41.4 Å². The van der Waals surface area contributed by atoms with Gasteiger partial charge in [-0.15, -0.1) is 0 Å². The normalized spacial score (nSPS) is 15.1. The average Bonchev–Trinajstić information content (AvgIpc) is 2.56. The highest BCUT2D eigenvalue weighted by Gasteiger charge is 2.18. The highest BCUT2D eigenvalue weighted by molar-refractivity contribution is 5.45. The number of hydrogen-bond donors (Lipinski definition) is 2. The van der Waals surface area contributed by atoms with Crippen molar-refractivity contribution >= 4 is 17.8 Å². The fraction of sp³-hybridized carbons (Fsp3) is 0.786. The Hall–Kier alpha value is -1.63. The number of aromatic nitrogens is 3. The van der Waals surface area contributed by atoms with E-state index in [-0.39, 0.29) is 0 Å². The molecule has 0 bridgehead atoms. The molecule has 3 N–H and O–H groups in total. The SMILES string of the molecule is CCCCN(CC)c1nc(NN)nc(N2CCCCC2)n1. The lowest BCUT2D eigenvalue weighted by atomic mass is 10.1. The van der Waals surface area contributed by atoms with Crippen molar-refractivity contribution in [3.05, 3.63) is 0 Å². The molecular weight excluding hydrogens is 266 g/mol. The molecule has 1 aromatic rings. The first kappa shape index (κ1) is 15.8. The standard InChI is InChI=1S/C14H27N7/c1-3-5-9-20(4-2)13-16-12(19-15)17-14(18-13)21-10-7-6-8-11-21/h3-11,15H2,1-2H3,(H,16,17,18,19). The molecule has 0 saturated carbocycles. The Balaban J connectivity index is 2.23. The zero-order valence-corrected chi connectivity index (χ0v) is 13.2. The maximum atomic E-state index is 5.52. The summed E-state index contributed by atoms with van der Waals surface area (Å²) in [5, 5.41) is 0. The first-order valence-corrected chi connectivity index (χ1v) is 8.01. The number of anilines is 3. The van der Waals surface area contributed by atoms with E-state index < -0.39 is 0 Å². The average molecular weight is 293 g/mol. The Labute approximate surface area is 126 Å². The number of hydrazine groups is 1. The molecule has 2 rings (SSSR count). The van der Waals surface area contributed by atoms with Gasteiger partial charge >= 0.3 is 0 Å². The summed E-state index contributed by atoms with van der Waals surface area (Å²) >= 11 is 0. The molecule has 1 aliphatic heterocycles.